The van der Waals surface area contributed by atoms with Crippen LogP contribution in [0.5, 0.6) is 11.5 Å². The van der Waals surface area contributed by atoms with E-state index in [4.69, 9.17) is 36.4 Å². The van der Waals surface area contributed by atoms with Gasteiger partial charge in [0.05, 0.1) is 42.7 Å². The molecule has 338 valence electrons. The molecule has 8 N–H and O–H groups in total. The van der Waals surface area contributed by atoms with Crippen molar-refractivity contribution in [3.63, 3.8) is 0 Å². The second-order valence-electron chi connectivity index (χ2n) is 15.0. The number of nitrogens with two attached hydrogens (primary N) is 3. The van der Waals surface area contributed by atoms with Crippen LogP contribution in [0.2, 0.25) is 0 Å². The fourth-order valence-electron chi connectivity index (χ4n) is 7.03. The molecule has 21 heteroatoms. The van der Waals surface area contributed by atoms with E-state index in [1.165, 1.54) is 31.4 Å². The van der Waals surface area contributed by atoms with Gasteiger partial charge >= 0.3 is 5.97 Å². The number of amides is 4. The van der Waals surface area contributed by atoms with Crippen LogP contribution in [0.15, 0.2) is 48.6 Å². The van der Waals surface area contributed by atoms with Gasteiger partial charge in [-0.05, 0) is 77.4 Å². The molecule has 6 rings (SSSR count). The molecule has 21 nitrogen and oxygen atoms in total. The molecular formula is C43H53N13O8. The lowest BCUT2D eigenvalue weighted by Gasteiger charge is -2.13. The molecule has 0 unspecified atom stereocenters. The van der Waals surface area contributed by atoms with Crippen molar-refractivity contribution in [2.45, 2.75) is 86.1 Å². The quantitative estimate of drug-likeness (QED) is 0.0391. The summed E-state index contributed by atoms with van der Waals surface area (Å²) in [5.74, 6) is -1.88. The zero-order valence-electron chi connectivity index (χ0n) is 36.6. The highest BCUT2D eigenvalue weighted by Crippen LogP contribution is 2.33. The van der Waals surface area contributed by atoms with Crippen molar-refractivity contribution in [3.05, 3.63) is 82.5 Å². The molecule has 0 aliphatic rings. The molecule has 64 heavy (non-hydrogen) atoms. The molecule has 0 bridgehead atoms. The highest BCUT2D eigenvalue weighted by atomic mass is 16.5. The third-order valence-electron chi connectivity index (χ3n) is 10.1. The van der Waals surface area contributed by atoms with Crippen LogP contribution in [-0.4, -0.2) is 94.6 Å². The van der Waals surface area contributed by atoms with Crippen molar-refractivity contribution in [3.8, 4) is 11.5 Å². The zero-order chi connectivity index (χ0) is 46.2. The molecular weight excluding hydrogens is 827 g/mol. The molecule has 0 saturated carbocycles. The lowest BCUT2D eigenvalue weighted by Crippen LogP contribution is -2.20. The summed E-state index contributed by atoms with van der Waals surface area (Å²) in [6, 6.07) is 9.22. The number of hydrogen-bond donors (Lipinski definition) is 5. The van der Waals surface area contributed by atoms with E-state index in [1.807, 2.05) is 32.9 Å². The maximum Gasteiger partial charge on any atom is 0.305 e. The van der Waals surface area contributed by atoms with Gasteiger partial charge < -0.3 is 40.5 Å². The lowest BCUT2D eigenvalue weighted by molar-refractivity contribution is -0.144. The third kappa shape index (κ3) is 10.4. The Hall–Kier alpha value is -7.55. The number of esters is 1. The van der Waals surface area contributed by atoms with Crippen LogP contribution in [0, 0.1) is 13.8 Å². The standard InChI is InChI=1S/C43H53N13O8/c1-7-55-31(18-25(4)51-55)40(60)49-42-47-29-20-27(38(45)58)22-33(62-6)36(29)53(42)14-9-10-15-54-37-30(48-43(54)50-41(61)32-19-26(5)52-56(32)8-2)21-28(39(46)59)23-34(37)63-16-11-17-64-35(57)13-12-24(3)44/h9-10,18-24H,7-8,11-17,44H2,1-6H3,(H2,45,58)(H2,46,59)(H,47,49,60)(H,48,50,61)/b10-9+/t24-/m1/s1. The number of methoxy groups -OCH3 is 1. The zero-order valence-corrected chi connectivity index (χ0v) is 36.6. The van der Waals surface area contributed by atoms with Crippen LogP contribution in [-0.2, 0) is 35.7 Å². The first-order valence-electron chi connectivity index (χ1n) is 20.7. The Bertz CT molecular complexity index is 2760. The smallest absolute Gasteiger partial charge is 0.305 e. The Kier molecular flexibility index (Phi) is 14.4. The van der Waals surface area contributed by atoms with Gasteiger partial charge in [0.25, 0.3) is 11.8 Å². The fraction of sp³-hybridized carbons (Fsp3) is 0.372. The normalized spacial score (nSPS) is 11.9. The summed E-state index contributed by atoms with van der Waals surface area (Å²) in [5.41, 5.74) is 20.9. The van der Waals surface area contributed by atoms with E-state index in [9.17, 15) is 24.0 Å². The number of fused-ring (bicyclic) bond motifs is 2. The van der Waals surface area contributed by atoms with E-state index in [2.05, 4.69) is 25.8 Å². The number of hydrogen-bond acceptors (Lipinski definition) is 13. The number of aromatic nitrogens is 8. The minimum Gasteiger partial charge on any atom is -0.494 e. The van der Waals surface area contributed by atoms with Gasteiger partial charge in [0.15, 0.2) is 0 Å². The van der Waals surface area contributed by atoms with Gasteiger partial charge in [0, 0.05) is 56.2 Å². The van der Waals surface area contributed by atoms with Gasteiger partial charge in [-0.1, -0.05) is 12.2 Å². The molecule has 1 atom stereocenters. The van der Waals surface area contributed by atoms with Gasteiger partial charge in [-0.2, -0.15) is 10.2 Å². The first-order valence-corrected chi connectivity index (χ1v) is 20.7. The number of benzene rings is 2. The summed E-state index contributed by atoms with van der Waals surface area (Å²) in [4.78, 5) is 73.8. The monoisotopic (exact) mass is 879 g/mol. The summed E-state index contributed by atoms with van der Waals surface area (Å²) in [7, 11) is 1.45. The fourth-order valence-corrected chi connectivity index (χ4v) is 7.03. The number of aryl methyl sites for hydroxylation is 4. The number of carbonyl (C=O) groups is 5. The summed E-state index contributed by atoms with van der Waals surface area (Å²) in [6.45, 7) is 10.4. The van der Waals surface area contributed by atoms with Gasteiger partial charge in [0.2, 0.25) is 23.7 Å². The highest BCUT2D eigenvalue weighted by molar-refractivity contribution is 6.05. The molecule has 0 aliphatic heterocycles. The van der Waals surface area contributed by atoms with Crippen molar-refractivity contribution < 1.29 is 38.2 Å². The van der Waals surface area contributed by atoms with E-state index in [-0.39, 0.29) is 73.5 Å². The molecule has 0 spiro atoms. The topological polar surface area (TPSA) is 286 Å². The minimum absolute atomic E-state index is 0.0894. The number of rotatable bonds is 21. The van der Waals surface area contributed by atoms with E-state index < -0.39 is 23.6 Å². The van der Waals surface area contributed by atoms with E-state index in [0.29, 0.717) is 76.5 Å². The Morgan fingerprint density at radius 2 is 1.22 bits per heavy atom. The Morgan fingerprint density at radius 3 is 1.67 bits per heavy atom. The summed E-state index contributed by atoms with van der Waals surface area (Å²) >= 11 is 0. The molecule has 4 aromatic heterocycles. The Labute approximate surface area is 367 Å². The van der Waals surface area contributed by atoms with E-state index in [0.717, 1.165) is 0 Å². The summed E-state index contributed by atoms with van der Waals surface area (Å²) in [5, 5.41) is 14.6. The predicted molar refractivity (Wildman–Crippen MR) is 237 cm³/mol. The average molecular weight is 880 g/mol. The van der Waals surface area contributed by atoms with Gasteiger partial charge in [-0.3, -0.25) is 44.0 Å². The second kappa shape index (κ2) is 20.1. The lowest BCUT2D eigenvalue weighted by atomic mass is 10.1. The number of allylic oxidation sites excluding steroid dienone is 2. The van der Waals surface area contributed by atoms with Crippen molar-refractivity contribution in [2.24, 2.45) is 17.2 Å². The number of primary amides is 2. The van der Waals surface area contributed by atoms with Crippen molar-refractivity contribution in [2.75, 3.05) is 31.0 Å². The highest BCUT2D eigenvalue weighted by Gasteiger charge is 2.24. The molecule has 0 fully saturated rings. The van der Waals surface area contributed by atoms with Crippen molar-refractivity contribution >= 4 is 63.6 Å². The van der Waals surface area contributed by atoms with E-state index >= 15 is 0 Å². The molecule has 4 heterocycles. The van der Waals surface area contributed by atoms with E-state index in [1.54, 1.807) is 44.5 Å². The van der Waals surface area contributed by atoms with Gasteiger partial charge in [0.1, 0.15) is 33.9 Å². The largest absolute Gasteiger partial charge is 0.494 e. The van der Waals surface area contributed by atoms with Crippen LogP contribution < -0.4 is 37.3 Å². The van der Waals surface area contributed by atoms with Crippen LogP contribution >= 0.6 is 0 Å². The first kappa shape index (κ1) is 46.0. The van der Waals surface area contributed by atoms with Crippen LogP contribution in [0.3, 0.4) is 0 Å². The first-order chi connectivity index (χ1) is 30.6. The van der Waals surface area contributed by atoms with Crippen molar-refractivity contribution in [1.82, 2.24) is 38.7 Å². The third-order valence-corrected chi connectivity index (χ3v) is 10.1. The number of nitrogens with one attached hydrogen (secondary N) is 2. The summed E-state index contributed by atoms with van der Waals surface area (Å²) < 4.78 is 23.8. The average Bonchev–Trinajstić information content (AvgIpc) is 4.02. The van der Waals surface area contributed by atoms with Crippen LogP contribution in [0.4, 0.5) is 11.9 Å². The molecule has 0 saturated heterocycles. The van der Waals surface area contributed by atoms with Gasteiger partial charge in [-0.15, -0.1) is 0 Å². The summed E-state index contributed by atoms with van der Waals surface area (Å²) in [6.07, 6.45) is 4.64. The second-order valence-corrected chi connectivity index (χ2v) is 15.0. The maximum absolute atomic E-state index is 13.8. The number of nitrogens with zero attached hydrogens (tertiary/aromatic N) is 8. The SMILES string of the molecule is CCn1nc(C)cc1C(=O)Nc1nc2cc(C(N)=O)cc(OC)c2n1C/C=C/Cn1c(NC(=O)c2cc(C)nn2CC)nc2cc(C(N)=O)cc(OCCCOC(=O)CC[C@@H](C)N)c21. The Balaban J connectivity index is 1.36. The number of ether oxygens (including phenoxy) is 3. The number of carbonyl (C=O) groups excluding carboxylic acids is 5. The molecule has 4 amide bonds. The minimum atomic E-state index is -0.722. The predicted octanol–water partition coefficient (Wildman–Crippen LogP) is 3.84. The molecule has 0 aliphatic carbocycles. The van der Waals surface area contributed by atoms with Crippen LogP contribution in [0.25, 0.3) is 22.1 Å². The number of imidazole rings is 2. The molecule has 0 radical (unpaired) electrons. The number of anilines is 2. The maximum atomic E-state index is 13.8. The molecule has 2 aromatic carbocycles. The van der Waals surface area contributed by atoms with Crippen molar-refractivity contribution in [1.29, 1.82) is 0 Å². The van der Waals surface area contributed by atoms with Gasteiger partial charge in [-0.25, -0.2) is 9.97 Å². The molecule has 6 aromatic rings. The van der Waals surface area contributed by atoms with Crippen LogP contribution in [0.1, 0.15) is 93.1 Å². The Morgan fingerprint density at radius 1 is 0.734 bits per heavy atom.